The Morgan fingerprint density at radius 3 is 2.44 bits per heavy atom. The van der Waals surface area contributed by atoms with Gasteiger partial charge in [0.1, 0.15) is 5.82 Å². The summed E-state index contributed by atoms with van der Waals surface area (Å²) in [5.41, 5.74) is 2.47. The molecular formula is C24H26F3N5O3S. The highest BCUT2D eigenvalue weighted by molar-refractivity contribution is 7.10. The number of nitrogens with zero attached hydrogens (tertiary/aromatic N) is 4. The number of likely N-dealkylation sites (tertiary alicyclic amines) is 1. The van der Waals surface area contributed by atoms with Gasteiger partial charge in [-0.3, -0.25) is 9.69 Å². The van der Waals surface area contributed by atoms with Crippen LogP contribution in [0.1, 0.15) is 32.4 Å². The third-order valence-electron chi connectivity index (χ3n) is 6.42. The average Bonchev–Trinajstić information content (AvgIpc) is 3.54. The lowest BCUT2D eigenvalue weighted by molar-refractivity contribution is -0.192. The highest BCUT2D eigenvalue weighted by atomic mass is 32.1. The lowest BCUT2D eigenvalue weighted by Crippen LogP contribution is -2.32. The van der Waals surface area contributed by atoms with Crippen LogP contribution in [0.5, 0.6) is 0 Å². The monoisotopic (exact) mass is 521 g/mol. The van der Waals surface area contributed by atoms with Crippen LogP contribution in [0.3, 0.4) is 0 Å². The number of carbonyl (C=O) groups excluding carboxylic acids is 1. The van der Waals surface area contributed by atoms with E-state index in [1.165, 1.54) is 10.4 Å². The summed E-state index contributed by atoms with van der Waals surface area (Å²) in [6, 6.07) is 12.1. The van der Waals surface area contributed by atoms with Crippen molar-refractivity contribution in [3.05, 3.63) is 69.4 Å². The number of carbonyl (C=O) groups is 2. The molecule has 192 valence electrons. The zero-order valence-electron chi connectivity index (χ0n) is 19.5. The van der Waals surface area contributed by atoms with Crippen LogP contribution in [-0.4, -0.2) is 55.9 Å². The van der Waals surface area contributed by atoms with Gasteiger partial charge in [0.05, 0.1) is 0 Å². The van der Waals surface area contributed by atoms with E-state index in [1.54, 1.807) is 0 Å². The number of aromatic nitrogens is 3. The number of hydrogen-bond acceptors (Lipinski definition) is 6. The molecule has 2 aliphatic heterocycles. The third kappa shape index (κ3) is 6.11. The van der Waals surface area contributed by atoms with E-state index in [1.807, 2.05) is 46.2 Å². The number of aliphatic carboxylic acids is 1. The Balaban J connectivity index is 0.000000384. The first-order valence-electron chi connectivity index (χ1n) is 11.4. The number of thiophene rings is 1. The van der Waals surface area contributed by atoms with Gasteiger partial charge < -0.3 is 15.0 Å². The molecule has 12 heteroatoms. The van der Waals surface area contributed by atoms with Crippen molar-refractivity contribution in [3.63, 3.8) is 0 Å². The smallest absolute Gasteiger partial charge is 0.475 e. The summed E-state index contributed by atoms with van der Waals surface area (Å²) in [4.78, 5) is 25.6. The van der Waals surface area contributed by atoms with E-state index >= 15 is 0 Å². The predicted molar refractivity (Wildman–Crippen MR) is 126 cm³/mol. The predicted octanol–water partition coefficient (Wildman–Crippen LogP) is 3.52. The van der Waals surface area contributed by atoms with Gasteiger partial charge in [0.25, 0.3) is 5.91 Å². The first-order chi connectivity index (χ1) is 17.1. The van der Waals surface area contributed by atoms with Crippen LogP contribution in [0.25, 0.3) is 0 Å². The molecule has 5 rings (SSSR count). The van der Waals surface area contributed by atoms with Gasteiger partial charge in [0.2, 0.25) is 5.82 Å². The second-order valence-electron chi connectivity index (χ2n) is 8.97. The molecule has 2 aromatic heterocycles. The molecule has 1 fully saturated rings. The van der Waals surface area contributed by atoms with Crippen LogP contribution in [0.2, 0.25) is 0 Å². The Morgan fingerprint density at radius 2 is 1.81 bits per heavy atom. The molecule has 1 aromatic carbocycles. The number of carboxylic acids is 1. The van der Waals surface area contributed by atoms with Crippen LogP contribution in [-0.2, 0) is 30.8 Å². The molecule has 1 saturated heterocycles. The van der Waals surface area contributed by atoms with Crippen LogP contribution in [0.15, 0.2) is 41.8 Å². The number of aryl methyl sites for hydroxylation is 1. The Hall–Kier alpha value is -3.25. The fraction of sp³-hybridized carbons (Fsp3) is 0.417. The normalized spacial score (nSPS) is 19.1. The number of amides is 1. The number of benzene rings is 1. The van der Waals surface area contributed by atoms with Gasteiger partial charge in [-0.2, -0.15) is 13.2 Å². The van der Waals surface area contributed by atoms with Crippen LogP contribution in [0.4, 0.5) is 13.2 Å². The largest absolute Gasteiger partial charge is 0.490 e. The summed E-state index contributed by atoms with van der Waals surface area (Å²) >= 11 is 1.85. The maximum atomic E-state index is 12.7. The Bertz CT molecular complexity index is 1210. The molecule has 2 atom stereocenters. The third-order valence-corrected chi connectivity index (χ3v) is 7.43. The summed E-state index contributed by atoms with van der Waals surface area (Å²) in [5, 5.41) is 20.8. The minimum absolute atomic E-state index is 0.143. The highest BCUT2D eigenvalue weighted by Gasteiger charge is 2.39. The minimum atomic E-state index is -5.08. The number of halogens is 3. The first kappa shape index (κ1) is 25.8. The molecular weight excluding hydrogens is 495 g/mol. The van der Waals surface area contributed by atoms with Crippen LogP contribution in [0, 0.1) is 18.8 Å². The summed E-state index contributed by atoms with van der Waals surface area (Å²) in [5.74, 6) is -0.346. The van der Waals surface area contributed by atoms with E-state index in [4.69, 9.17) is 9.90 Å². The average molecular weight is 522 g/mol. The van der Waals surface area contributed by atoms with Crippen molar-refractivity contribution in [2.24, 2.45) is 11.8 Å². The Kier molecular flexibility index (Phi) is 7.74. The number of hydrogen-bond donors (Lipinski definition) is 2. The second kappa shape index (κ2) is 10.8. The molecule has 0 bridgehead atoms. The van der Waals surface area contributed by atoms with Crippen LogP contribution < -0.4 is 5.32 Å². The van der Waals surface area contributed by atoms with E-state index < -0.39 is 12.1 Å². The highest BCUT2D eigenvalue weighted by Crippen LogP contribution is 2.34. The molecule has 0 radical (unpaired) electrons. The van der Waals surface area contributed by atoms with Gasteiger partial charge in [-0.15, -0.1) is 21.5 Å². The Labute approximate surface area is 209 Å². The van der Waals surface area contributed by atoms with E-state index in [9.17, 15) is 18.0 Å². The SMILES string of the molecule is Cc1ccsc1CN1CC2Cc3nnc(C(=O)NCc4ccccc4)n3CC2C1.O=C(O)C(F)(F)F. The lowest BCUT2D eigenvalue weighted by Gasteiger charge is -2.25. The van der Waals surface area contributed by atoms with E-state index in [-0.39, 0.29) is 5.91 Å². The molecule has 0 saturated carbocycles. The van der Waals surface area contributed by atoms with E-state index in [0.29, 0.717) is 24.2 Å². The van der Waals surface area contributed by atoms with Crippen molar-refractivity contribution in [2.45, 2.75) is 39.2 Å². The molecule has 4 heterocycles. The number of alkyl halides is 3. The molecule has 36 heavy (non-hydrogen) atoms. The standard InChI is InChI=1S/C22H25N5OS.C2HF3O2/c1-15-7-8-29-19(15)14-26-11-17-9-20-24-25-21(27(20)13-18(17)12-26)22(28)23-10-16-5-3-2-4-6-16;3-2(4,5)1(6)7/h2-8,17-18H,9-14H2,1H3,(H,23,28);(H,6,7). The molecule has 8 nitrogen and oxygen atoms in total. The first-order valence-corrected chi connectivity index (χ1v) is 12.3. The molecule has 0 spiro atoms. The van der Waals surface area contributed by atoms with Crippen molar-refractivity contribution >= 4 is 23.2 Å². The molecule has 1 amide bonds. The van der Waals surface area contributed by atoms with Gasteiger partial charge >= 0.3 is 12.1 Å². The van der Waals surface area contributed by atoms with Crippen molar-refractivity contribution in [1.82, 2.24) is 25.0 Å². The van der Waals surface area contributed by atoms with E-state index in [0.717, 1.165) is 44.0 Å². The van der Waals surface area contributed by atoms with Crippen molar-refractivity contribution < 1.29 is 27.9 Å². The number of nitrogens with one attached hydrogen (secondary N) is 1. The molecule has 2 aliphatic rings. The van der Waals surface area contributed by atoms with Gasteiger partial charge in [-0.25, -0.2) is 4.79 Å². The zero-order valence-corrected chi connectivity index (χ0v) is 20.3. The van der Waals surface area contributed by atoms with E-state index in [2.05, 4.69) is 38.8 Å². The fourth-order valence-corrected chi connectivity index (χ4v) is 5.49. The second-order valence-corrected chi connectivity index (χ2v) is 9.97. The number of carboxylic acid groups (broad SMARTS) is 1. The van der Waals surface area contributed by atoms with Crippen molar-refractivity contribution in [3.8, 4) is 0 Å². The molecule has 2 unspecified atom stereocenters. The van der Waals surface area contributed by atoms with Crippen LogP contribution >= 0.6 is 11.3 Å². The lowest BCUT2D eigenvalue weighted by atomic mass is 9.89. The van der Waals surface area contributed by atoms with Gasteiger partial charge in [0.15, 0.2) is 0 Å². The van der Waals surface area contributed by atoms with Gasteiger partial charge in [-0.1, -0.05) is 30.3 Å². The van der Waals surface area contributed by atoms with Gasteiger partial charge in [0, 0.05) is 44.0 Å². The summed E-state index contributed by atoms with van der Waals surface area (Å²) < 4.78 is 33.8. The summed E-state index contributed by atoms with van der Waals surface area (Å²) in [7, 11) is 0. The molecule has 3 aromatic rings. The quantitative estimate of drug-likeness (QED) is 0.533. The number of fused-ring (bicyclic) bond motifs is 2. The maximum Gasteiger partial charge on any atom is 0.490 e. The maximum absolute atomic E-state index is 12.7. The zero-order chi connectivity index (χ0) is 25.9. The van der Waals surface area contributed by atoms with Gasteiger partial charge in [-0.05, 0) is 41.3 Å². The molecule has 2 N–H and O–H groups in total. The van der Waals surface area contributed by atoms with Crippen molar-refractivity contribution in [2.75, 3.05) is 13.1 Å². The summed E-state index contributed by atoms with van der Waals surface area (Å²) in [6.07, 6.45) is -4.18. The topological polar surface area (TPSA) is 100 Å². The van der Waals surface area contributed by atoms with Crippen molar-refractivity contribution in [1.29, 1.82) is 0 Å². The fourth-order valence-electron chi connectivity index (χ4n) is 4.54. The molecule has 0 aliphatic carbocycles. The Morgan fingerprint density at radius 1 is 1.11 bits per heavy atom. The minimum Gasteiger partial charge on any atom is -0.475 e. The number of rotatable bonds is 5. The summed E-state index contributed by atoms with van der Waals surface area (Å²) in [6.45, 7) is 6.73.